The maximum atomic E-state index is 14.4. The maximum absolute atomic E-state index is 14.4. The smallest absolute Gasteiger partial charge is 0.357 e. The summed E-state index contributed by atoms with van der Waals surface area (Å²) in [5.74, 6) is -1.54. The molecule has 2 unspecified atom stereocenters. The average Bonchev–Trinajstić information content (AvgIpc) is 3.18. The van der Waals surface area contributed by atoms with Crippen LogP contribution in [0.3, 0.4) is 0 Å². The van der Waals surface area contributed by atoms with Crippen molar-refractivity contribution in [1.82, 2.24) is 10.4 Å². The number of nitrogens with zero attached hydrogens (tertiary/aromatic N) is 1. The molecule has 13 nitrogen and oxygen atoms in total. The number of rotatable bonds is 11. The van der Waals surface area contributed by atoms with Crippen molar-refractivity contribution in [3.8, 4) is 0 Å². The Balaban J connectivity index is 1.75. The Kier molecular flexibility index (Phi) is 11.4. The number of nitrogens with one attached hydrogen (secondary N) is 1. The van der Waals surface area contributed by atoms with E-state index in [1.165, 1.54) is 18.1 Å². The van der Waals surface area contributed by atoms with Gasteiger partial charge in [0.05, 0.1) is 23.3 Å². The van der Waals surface area contributed by atoms with Gasteiger partial charge in [0.2, 0.25) is 11.8 Å². The van der Waals surface area contributed by atoms with Crippen molar-refractivity contribution in [1.29, 1.82) is 0 Å². The third-order valence-electron chi connectivity index (χ3n) is 8.42. The SMILES string of the molecule is CC(=O)NC(Cc1ccc(P(=O)(O)O)c(P(=O)(O)O)c1)C(=O)N(OCC1CCCCC1)C1CCCCc2ccc(C(N)=O)cc21. The van der Waals surface area contributed by atoms with E-state index >= 15 is 0 Å². The molecule has 3 amide bonds. The third kappa shape index (κ3) is 9.10. The van der Waals surface area contributed by atoms with Crippen LogP contribution in [-0.2, 0) is 36.4 Å². The van der Waals surface area contributed by atoms with Crippen molar-refractivity contribution in [3.63, 3.8) is 0 Å². The van der Waals surface area contributed by atoms with Crippen LogP contribution in [0.1, 0.15) is 91.4 Å². The fourth-order valence-corrected chi connectivity index (χ4v) is 8.32. The number of aryl methyl sites for hydroxylation is 1. The van der Waals surface area contributed by atoms with E-state index in [-0.39, 0.29) is 30.1 Å². The van der Waals surface area contributed by atoms with Crippen molar-refractivity contribution in [2.45, 2.75) is 83.2 Å². The molecule has 45 heavy (non-hydrogen) atoms. The number of amides is 3. The van der Waals surface area contributed by atoms with Gasteiger partial charge in [-0.05, 0) is 79.0 Å². The van der Waals surface area contributed by atoms with E-state index in [2.05, 4.69) is 5.32 Å². The molecule has 2 aliphatic carbocycles. The molecule has 0 aromatic heterocycles. The van der Waals surface area contributed by atoms with Crippen LogP contribution in [0.4, 0.5) is 0 Å². The van der Waals surface area contributed by atoms with Crippen LogP contribution in [-0.4, -0.2) is 55.0 Å². The first-order valence-corrected chi connectivity index (χ1v) is 18.3. The second kappa shape index (κ2) is 14.7. The molecule has 0 aliphatic heterocycles. The Morgan fingerprint density at radius 3 is 2.22 bits per heavy atom. The van der Waals surface area contributed by atoms with Crippen LogP contribution in [0.25, 0.3) is 0 Å². The quantitative estimate of drug-likeness (QED) is 0.117. The lowest BCUT2D eigenvalue weighted by molar-refractivity contribution is -0.211. The lowest BCUT2D eigenvalue weighted by Gasteiger charge is -2.35. The molecule has 2 aromatic carbocycles. The highest BCUT2D eigenvalue weighted by molar-refractivity contribution is 7.67. The number of hydroxylamine groups is 2. The van der Waals surface area contributed by atoms with Crippen molar-refractivity contribution in [2.24, 2.45) is 11.7 Å². The predicted molar refractivity (Wildman–Crippen MR) is 166 cm³/mol. The fourth-order valence-electron chi connectivity index (χ4n) is 6.20. The minimum absolute atomic E-state index is 0.155. The Hall–Kier alpha value is -2.89. The fraction of sp³-hybridized carbons (Fsp3) is 0.500. The Labute approximate surface area is 261 Å². The van der Waals surface area contributed by atoms with Crippen LogP contribution in [0.5, 0.6) is 0 Å². The van der Waals surface area contributed by atoms with Crippen molar-refractivity contribution < 1.29 is 47.9 Å². The van der Waals surface area contributed by atoms with Crippen LogP contribution in [0, 0.1) is 5.92 Å². The van der Waals surface area contributed by atoms with E-state index in [9.17, 15) is 43.1 Å². The Bertz CT molecular complexity index is 1520. The summed E-state index contributed by atoms with van der Waals surface area (Å²) in [6.45, 7) is 1.49. The van der Waals surface area contributed by atoms with Crippen molar-refractivity contribution in [2.75, 3.05) is 6.61 Å². The molecule has 7 N–H and O–H groups in total. The number of hydrogen-bond donors (Lipinski definition) is 6. The number of benzene rings is 2. The highest BCUT2D eigenvalue weighted by Gasteiger charge is 2.36. The van der Waals surface area contributed by atoms with E-state index in [4.69, 9.17) is 10.6 Å². The Morgan fingerprint density at radius 2 is 1.60 bits per heavy atom. The van der Waals surface area contributed by atoms with Crippen LogP contribution >= 0.6 is 15.2 Å². The average molecular weight is 666 g/mol. The zero-order valence-electron chi connectivity index (χ0n) is 25.1. The third-order valence-corrected chi connectivity index (χ3v) is 10.6. The van der Waals surface area contributed by atoms with Gasteiger partial charge in [0.1, 0.15) is 6.04 Å². The topological polar surface area (TPSA) is 217 Å². The number of carbonyl (C=O) groups excluding carboxylic acids is 3. The van der Waals surface area contributed by atoms with Gasteiger partial charge in [-0.15, -0.1) is 0 Å². The summed E-state index contributed by atoms with van der Waals surface area (Å²) in [6, 6.07) is 6.41. The first-order valence-electron chi connectivity index (χ1n) is 15.1. The van der Waals surface area contributed by atoms with E-state index < -0.39 is 55.6 Å². The standard InChI is InChI=1S/C30H41N3O10P2/c1-19(34)32-25(15-21-11-14-27(44(37,38)39)28(16-21)45(40,41)42)30(36)33(43-18-20-7-3-2-4-8-20)26-10-6-5-9-22-12-13-23(29(31)35)17-24(22)26/h11-14,16-17,20,25-26H,2-10,15,18H2,1H3,(H2,31,35)(H,32,34)(H2,37,38,39)(H2,40,41,42). The van der Waals surface area contributed by atoms with Gasteiger partial charge in [0.15, 0.2) is 0 Å². The van der Waals surface area contributed by atoms with E-state index in [1.54, 1.807) is 12.1 Å². The highest BCUT2D eigenvalue weighted by atomic mass is 31.2. The molecule has 246 valence electrons. The second-order valence-electron chi connectivity index (χ2n) is 11.9. The summed E-state index contributed by atoms with van der Waals surface area (Å²) in [4.78, 5) is 84.2. The van der Waals surface area contributed by atoms with Gasteiger partial charge >= 0.3 is 15.2 Å². The first-order chi connectivity index (χ1) is 21.1. The van der Waals surface area contributed by atoms with Crippen LogP contribution in [0.15, 0.2) is 36.4 Å². The molecule has 0 spiro atoms. The number of primary amides is 1. The van der Waals surface area contributed by atoms with Gasteiger partial charge < -0.3 is 30.6 Å². The molecule has 1 saturated carbocycles. The van der Waals surface area contributed by atoms with Crippen molar-refractivity contribution in [3.05, 3.63) is 58.7 Å². The summed E-state index contributed by atoms with van der Waals surface area (Å²) < 4.78 is 24.1. The van der Waals surface area contributed by atoms with Gasteiger partial charge in [0, 0.05) is 18.9 Å². The van der Waals surface area contributed by atoms with E-state index in [0.717, 1.165) is 74.6 Å². The molecule has 0 radical (unpaired) electrons. The van der Waals surface area contributed by atoms with E-state index in [1.807, 2.05) is 6.07 Å². The van der Waals surface area contributed by atoms with Gasteiger partial charge in [-0.3, -0.25) is 28.4 Å². The Morgan fingerprint density at radius 1 is 0.933 bits per heavy atom. The maximum Gasteiger partial charge on any atom is 0.357 e. The van der Waals surface area contributed by atoms with Gasteiger partial charge in [-0.1, -0.05) is 37.8 Å². The molecule has 15 heteroatoms. The molecule has 0 heterocycles. The molecule has 2 aliphatic rings. The largest absolute Gasteiger partial charge is 0.366 e. The van der Waals surface area contributed by atoms with Crippen LogP contribution < -0.4 is 21.7 Å². The molecule has 0 saturated heterocycles. The second-order valence-corrected chi connectivity index (χ2v) is 15.0. The molecule has 0 bridgehead atoms. The summed E-state index contributed by atoms with van der Waals surface area (Å²) >= 11 is 0. The molecule has 4 rings (SSSR count). The number of hydrogen-bond acceptors (Lipinski definition) is 6. The number of fused-ring (bicyclic) bond motifs is 1. The highest BCUT2D eigenvalue weighted by Crippen LogP contribution is 2.41. The van der Waals surface area contributed by atoms with Gasteiger partial charge in [-0.2, -0.15) is 0 Å². The molecule has 2 aromatic rings. The lowest BCUT2D eigenvalue weighted by Crippen LogP contribution is -2.50. The molecular formula is C30H41N3O10P2. The minimum Gasteiger partial charge on any atom is -0.366 e. The number of carbonyl (C=O) groups is 3. The molecular weight excluding hydrogens is 624 g/mol. The van der Waals surface area contributed by atoms with Gasteiger partial charge in [-0.25, -0.2) is 5.06 Å². The van der Waals surface area contributed by atoms with E-state index in [0.29, 0.717) is 6.42 Å². The van der Waals surface area contributed by atoms with Crippen LogP contribution in [0.2, 0.25) is 0 Å². The summed E-state index contributed by atoms with van der Waals surface area (Å²) in [5, 5.41) is 2.23. The van der Waals surface area contributed by atoms with Crippen molar-refractivity contribution >= 4 is 43.5 Å². The minimum atomic E-state index is -5.13. The summed E-state index contributed by atoms with van der Waals surface area (Å²) in [6.07, 6.45) is 7.71. The predicted octanol–water partition coefficient (Wildman–Crippen LogP) is 2.25. The lowest BCUT2D eigenvalue weighted by atomic mass is 9.90. The zero-order chi connectivity index (χ0) is 32.9. The molecule has 1 fully saturated rings. The van der Waals surface area contributed by atoms with Gasteiger partial charge in [0.25, 0.3) is 5.91 Å². The monoisotopic (exact) mass is 665 g/mol. The summed E-state index contributed by atoms with van der Waals surface area (Å²) in [7, 11) is -10.2. The zero-order valence-corrected chi connectivity index (χ0v) is 26.9. The number of nitrogens with two attached hydrogens (primary N) is 1. The first kappa shape index (κ1) is 35.0. The summed E-state index contributed by atoms with van der Waals surface area (Å²) in [5.41, 5.74) is 7.69. The normalized spacial score (nSPS) is 18.4. The molecule has 2 atom stereocenters.